The van der Waals surface area contributed by atoms with E-state index in [0.717, 1.165) is 34.6 Å². The molecule has 0 radical (unpaired) electrons. The number of benzene rings is 3. The summed E-state index contributed by atoms with van der Waals surface area (Å²) in [4.78, 5) is 5.05. The van der Waals surface area contributed by atoms with Crippen LogP contribution >= 0.6 is 0 Å². The Bertz CT molecular complexity index is 1090. The number of nitrogens with one attached hydrogen (secondary N) is 1. The second kappa shape index (κ2) is 9.88. The molecule has 0 fully saturated rings. The Morgan fingerprint density at radius 3 is 2.53 bits per heavy atom. The van der Waals surface area contributed by atoms with Crippen molar-refractivity contribution in [2.24, 2.45) is 4.99 Å². The Balaban J connectivity index is 1.75. The lowest BCUT2D eigenvalue weighted by atomic mass is 9.93. The van der Waals surface area contributed by atoms with Crippen LogP contribution in [-0.4, -0.2) is 24.5 Å². The van der Waals surface area contributed by atoms with Gasteiger partial charge in [0.2, 0.25) is 0 Å². The summed E-state index contributed by atoms with van der Waals surface area (Å²) in [6.45, 7) is 4.56. The second-order valence-electron chi connectivity index (χ2n) is 7.86. The molecule has 5 nitrogen and oxygen atoms in total. The lowest BCUT2D eigenvalue weighted by Gasteiger charge is -2.31. The number of rotatable bonds is 7. The molecule has 1 aliphatic rings. The van der Waals surface area contributed by atoms with Crippen LogP contribution in [0, 0.1) is 0 Å². The summed E-state index contributed by atoms with van der Waals surface area (Å²) in [6, 6.07) is 22.1. The topological polar surface area (TPSA) is 63.1 Å². The van der Waals surface area contributed by atoms with Gasteiger partial charge < -0.3 is 14.6 Å². The molecule has 2 atom stereocenters. The van der Waals surface area contributed by atoms with Crippen LogP contribution in [0.2, 0.25) is 0 Å². The van der Waals surface area contributed by atoms with E-state index in [2.05, 4.69) is 36.5 Å². The van der Waals surface area contributed by atoms with E-state index in [1.807, 2.05) is 43.3 Å². The first-order valence-corrected chi connectivity index (χ1v) is 11.1. The summed E-state index contributed by atoms with van der Waals surface area (Å²) in [5.74, 6) is 1.47. The van der Waals surface area contributed by atoms with Crippen molar-refractivity contribution in [1.29, 1.82) is 0 Å². The highest BCUT2D eigenvalue weighted by Gasteiger charge is 2.28. The molecule has 0 bridgehead atoms. The summed E-state index contributed by atoms with van der Waals surface area (Å²) < 4.78 is 11.0. The Hall–Kier alpha value is -3.31. The van der Waals surface area contributed by atoms with Crippen LogP contribution in [0.5, 0.6) is 17.2 Å². The third-order valence-electron chi connectivity index (χ3n) is 5.85. The van der Waals surface area contributed by atoms with Crippen molar-refractivity contribution in [3.8, 4) is 17.2 Å². The molecule has 0 spiro atoms. The standard InChI is InChI=1S/C27H30N2O3/c1-4-18-12-14-19(15-13-18)23-17-24(22-10-7-11-25(26(22)30)32-5-2)29-27(28-23)20-8-6-9-21(16-20)31-3/h6-16,24,27,29-30H,4-5,17H2,1-3H3/t24-,27+/m1/s1. The predicted octanol–water partition coefficient (Wildman–Crippen LogP) is 5.58. The van der Waals surface area contributed by atoms with Gasteiger partial charge in [-0.2, -0.15) is 0 Å². The van der Waals surface area contributed by atoms with Crippen molar-refractivity contribution in [3.05, 3.63) is 89.0 Å². The third-order valence-corrected chi connectivity index (χ3v) is 5.85. The molecule has 1 aliphatic heterocycles. The molecular weight excluding hydrogens is 400 g/mol. The average Bonchev–Trinajstić information content (AvgIpc) is 2.85. The third kappa shape index (κ3) is 4.63. The van der Waals surface area contributed by atoms with Crippen LogP contribution < -0.4 is 14.8 Å². The molecule has 0 saturated carbocycles. The lowest BCUT2D eigenvalue weighted by molar-refractivity contribution is 0.313. The number of phenolic OH excluding ortho intramolecular Hbond substituents is 1. The fraction of sp³-hybridized carbons (Fsp3) is 0.296. The summed E-state index contributed by atoms with van der Waals surface area (Å²) in [6.07, 6.45) is 1.40. The van der Waals surface area contributed by atoms with Gasteiger partial charge in [0.15, 0.2) is 11.5 Å². The summed E-state index contributed by atoms with van der Waals surface area (Å²) in [5.41, 5.74) is 5.22. The van der Waals surface area contributed by atoms with Gasteiger partial charge >= 0.3 is 0 Å². The number of aromatic hydroxyl groups is 1. The van der Waals surface area contributed by atoms with Crippen LogP contribution in [0.25, 0.3) is 0 Å². The fourth-order valence-electron chi connectivity index (χ4n) is 4.09. The molecule has 0 aliphatic carbocycles. The van der Waals surface area contributed by atoms with Crippen molar-refractivity contribution in [2.75, 3.05) is 13.7 Å². The number of phenols is 1. The van der Waals surface area contributed by atoms with E-state index in [-0.39, 0.29) is 18.0 Å². The smallest absolute Gasteiger partial charge is 0.162 e. The van der Waals surface area contributed by atoms with Crippen molar-refractivity contribution in [1.82, 2.24) is 5.32 Å². The van der Waals surface area contributed by atoms with E-state index in [1.165, 1.54) is 5.56 Å². The molecule has 2 N–H and O–H groups in total. The van der Waals surface area contributed by atoms with Gasteiger partial charge in [0.25, 0.3) is 0 Å². The number of para-hydroxylation sites is 1. The zero-order valence-corrected chi connectivity index (χ0v) is 18.8. The molecule has 0 amide bonds. The maximum atomic E-state index is 10.9. The number of aryl methyl sites for hydroxylation is 1. The van der Waals surface area contributed by atoms with Gasteiger partial charge in [-0.3, -0.25) is 10.3 Å². The van der Waals surface area contributed by atoms with Crippen molar-refractivity contribution in [3.63, 3.8) is 0 Å². The monoisotopic (exact) mass is 430 g/mol. The number of nitrogens with zero attached hydrogens (tertiary/aromatic N) is 1. The van der Waals surface area contributed by atoms with E-state index >= 15 is 0 Å². The van der Waals surface area contributed by atoms with E-state index in [0.29, 0.717) is 18.8 Å². The SMILES string of the molecule is CCOc1cccc([C@H]2CC(c3ccc(CC)cc3)=N[C@H](c3cccc(OC)c3)N2)c1O. The maximum absolute atomic E-state index is 10.9. The van der Waals surface area contributed by atoms with Crippen LogP contribution in [-0.2, 0) is 6.42 Å². The highest BCUT2D eigenvalue weighted by atomic mass is 16.5. The zero-order chi connectivity index (χ0) is 22.5. The van der Waals surface area contributed by atoms with Crippen molar-refractivity contribution in [2.45, 2.75) is 38.9 Å². The second-order valence-corrected chi connectivity index (χ2v) is 7.86. The number of ether oxygens (including phenoxy) is 2. The average molecular weight is 431 g/mol. The minimum atomic E-state index is -0.264. The molecular formula is C27H30N2O3. The summed E-state index contributed by atoms with van der Waals surface area (Å²) in [7, 11) is 1.66. The molecule has 3 aromatic rings. The Morgan fingerprint density at radius 2 is 1.81 bits per heavy atom. The number of hydrogen-bond acceptors (Lipinski definition) is 5. The Labute approximate surface area is 189 Å². The van der Waals surface area contributed by atoms with E-state index < -0.39 is 0 Å². The van der Waals surface area contributed by atoms with E-state index in [4.69, 9.17) is 14.5 Å². The zero-order valence-electron chi connectivity index (χ0n) is 18.8. The highest BCUT2D eigenvalue weighted by Crippen LogP contribution is 2.39. The maximum Gasteiger partial charge on any atom is 0.162 e. The first-order valence-electron chi connectivity index (χ1n) is 11.1. The molecule has 1 heterocycles. The minimum absolute atomic E-state index is 0.120. The van der Waals surface area contributed by atoms with Gasteiger partial charge in [-0.15, -0.1) is 0 Å². The van der Waals surface area contributed by atoms with Crippen molar-refractivity contribution >= 4 is 5.71 Å². The molecule has 3 aromatic carbocycles. The van der Waals surface area contributed by atoms with Gasteiger partial charge in [-0.05, 0) is 48.2 Å². The predicted molar refractivity (Wildman–Crippen MR) is 128 cm³/mol. The first kappa shape index (κ1) is 21.9. The van der Waals surface area contributed by atoms with Crippen LogP contribution in [0.1, 0.15) is 54.7 Å². The van der Waals surface area contributed by atoms with E-state index in [9.17, 15) is 5.11 Å². The molecule has 5 heteroatoms. The largest absolute Gasteiger partial charge is 0.504 e. The van der Waals surface area contributed by atoms with Gasteiger partial charge in [0.1, 0.15) is 11.9 Å². The molecule has 166 valence electrons. The molecule has 32 heavy (non-hydrogen) atoms. The number of aliphatic imine (C=N–C) groups is 1. The van der Waals surface area contributed by atoms with Gasteiger partial charge in [-0.1, -0.05) is 55.5 Å². The summed E-state index contributed by atoms with van der Waals surface area (Å²) in [5, 5.41) is 14.5. The van der Waals surface area contributed by atoms with Crippen LogP contribution in [0.15, 0.2) is 71.7 Å². The first-order chi connectivity index (χ1) is 15.6. The van der Waals surface area contributed by atoms with Crippen LogP contribution in [0.3, 0.4) is 0 Å². The van der Waals surface area contributed by atoms with Crippen molar-refractivity contribution < 1.29 is 14.6 Å². The Morgan fingerprint density at radius 1 is 1.03 bits per heavy atom. The van der Waals surface area contributed by atoms with Gasteiger partial charge in [-0.25, -0.2) is 0 Å². The molecule has 0 saturated heterocycles. The molecule has 0 unspecified atom stereocenters. The van der Waals surface area contributed by atoms with Crippen LogP contribution in [0.4, 0.5) is 0 Å². The highest BCUT2D eigenvalue weighted by molar-refractivity contribution is 6.01. The quantitative estimate of drug-likeness (QED) is 0.513. The minimum Gasteiger partial charge on any atom is -0.504 e. The lowest BCUT2D eigenvalue weighted by Crippen LogP contribution is -2.33. The number of hydrogen-bond donors (Lipinski definition) is 2. The molecule has 4 rings (SSSR count). The fourth-order valence-corrected chi connectivity index (χ4v) is 4.09. The van der Waals surface area contributed by atoms with E-state index in [1.54, 1.807) is 13.2 Å². The molecule has 0 aromatic heterocycles. The van der Waals surface area contributed by atoms with Gasteiger partial charge in [0, 0.05) is 23.7 Å². The number of methoxy groups -OCH3 is 1. The summed E-state index contributed by atoms with van der Waals surface area (Å²) >= 11 is 0. The normalized spacial score (nSPS) is 18.2. The van der Waals surface area contributed by atoms with Gasteiger partial charge in [0.05, 0.1) is 13.7 Å². The Kier molecular flexibility index (Phi) is 6.76.